The van der Waals surface area contributed by atoms with Crippen LogP contribution in [-0.4, -0.2) is 33.7 Å². The first kappa shape index (κ1) is 15.0. The summed E-state index contributed by atoms with van der Waals surface area (Å²) in [5, 5.41) is 15.8. The lowest BCUT2D eigenvalue weighted by atomic mass is 10.2. The Labute approximate surface area is 121 Å². The van der Waals surface area contributed by atoms with Crippen molar-refractivity contribution in [1.29, 1.82) is 0 Å². The minimum Gasteiger partial charge on any atom is -0.481 e. The van der Waals surface area contributed by atoms with E-state index in [2.05, 4.69) is 15.5 Å². The lowest BCUT2D eigenvalue weighted by Crippen LogP contribution is -2.24. The van der Waals surface area contributed by atoms with E-state index in [1.807, 2.05) is 0 Å². The topological polar surface area (TPSA) is 105 Å². The van der Waals surface area contributed by atoms with Crippen molar-refractivity contribution < 1.29 is 19.2 Å². The molecule has 112 valence electrons. The molecule has 7 heteroatoms. The number of carbonyl (C=O) groups is 2. The Morgan fingerprint density at radius 3 is 2.90 bits per heavy atom. The van der Waals surface area contributed by atoms with Gasteiger partial charge in [0.1, 0.15) is 0 Å². The largest absolute Gasteiger partial charge is 0.481 e. The summed E-state index contributed by atoms with van der Waals surface area (Å²) < 4.78 is 4.99. The summed E-state index contributed by atoms with van der Waals surface area (Å²) in [5.74, 6) is -0.995. The molecule has 2 aromatic heterocycles. The summed E-state index contributed by atoms with van der Waals surface area (Å²) in [6.45, 7) is 2.30. The van der Waals surface area contributed by atoms with Crippen molar-refractivity contribution in [3.05, 3.63) is 23.5 Å². The lowest BCUT2D eigenvalue weighted by Gasteiger charge is -2.04. The third-order valence-corrected chi connectivity index (χ3v) is 3.13. The number of aryl methyl sites for hydroxylation is 1. The second kappa shape index (κ2) is 6.83. The third kappa shape index (κ3) is 4.01. The van der Waals surface area contributed by atoms with Gasteiger partial charge >= 0.3 is 5.97 Å². The van der Waals surface area contributed by atoms with E-state index in [0.29, 0.717) is 29.9 Å². The number of carboxylic acid groups (broad SMARTS) is 1. The average molecular weight is 291 g/mol. The van der Waals surface area contributed by atoms with Crippen molar-refractivity contribution in [2.24, 2.45) is 0 Å². The van der Waals surface area contributed by atoms with Crippen molar-refractivity contribution in [3.8, 4) is 0 Å². The number of carboxylic acids is 1. The summed E-state index contributed by atoms with van der Waals surface area (Å²) in [4.78, 5) is 26.4. The van der Waals surface area contributed by atoms with Gasteiger partial charge in [0, 0.05) is 19.2 Å². The molecule has 0 unspecified atom stereocenters. The van der Waals surface area contributed by atoms with Gasteiger partial charge in [-0.1, -0.05) is 11.6 Å². The number of amides is 1. The molecule has 0 aliphatic rings. The zero-order chi connectivity index (χ0) is 15.2. The summed E-state index contributed by atoms with van der Waals surface area (Å²) >= 11 is 0. The summed E-state index contributed by atoms with van der Waals surface area (Å²) in [5.41, 5.74) is 1.57. The summed E-state index contributed by atoms with van der Waals surface area (Å²) in [6.07, 6.45) is 3.77. The van der Waals surface area contributed by atoms with Crippen LogP contribution >= 0.6 is 0 Å². The van der Waals surface area contributed by atoms with Gasteiger partial charge in [0.05, 0.1) is 16.6 Å². The molecule has 0 spiro atoms. The molecule has 0 saturated carbocycles. The van der Waals surface area contributed by atoms with Crippen LogP contribution in [0.3, 0.4) is 0 Å². The first-order valence-electron chi connectivity index (χ1n) is 6.80. The lowest BCUT2D eigenvalue weighted by molar-refractivity contribution is -0.137. The molecule has 2 rings (SSSR count). The van der Waals surface area contributed by atoms with Crippen LogP contribution in [0.15, 0.2) is 16.8 Å². The summed E-state index contributed by atoms with van der Waals surface area (Å²) in [6, 6.07) is 1.70. The number of hydrogen-bond acceptors (Lipinski definition) is 5. The summed E-state index contributed by atoms with van der Waals surface area (Å²) in [7, 11) is 0. The van der Waals surface area contributed by atoms with Crippen molar-refractivity contribution in [1.82, 2.24) is 15.5 Å². The Balaban J connectivity index is 1.82. The van der Waals surface area contributed by atoms with Gasteiger partial charge in [0.15, 0.2) is 0 Å². The molecule has 0 radical (unpaired) electrons. The van der Waals surface area contributed by atoms with E-state index < -0.39 is 5.97 Å². The Bertz CT molecular complexity index is 651. The first-order valence-corrected chi connectivity index (χ1v) is 6.80. The molecule has 0 aliphatic heterocycles. The molecular formula is C14H17N3O4. The van der Waals surface area contributed by atoms with Gasteiger partial charge in [-0.2, -0.15) is 0 Å². The molecule has 2 heterocycles. The van der Waals surface area contributed by atoms with Crippen LogP contribution in [0.4, 0.5) is 0 Å². The predicted octanol–water partition coefficient (Wildman–Crippen LogP) is 1.91. The number of aliphatic carboxylic acids is 1. The number of nitrogens with one attached hydrogen (secondary N) is 1. The highest BCUT2D eigenvalue weighted by molar-refractivity contribution is 5.96. The van der Waals surface area contributed by atoms with Crippen LogP contribution in [0.5, 0.6) is 0 Å². The molecule has 2 N–H and O–H groups in total. The number of rotatable bonds is 7. The SMILES string of the molecule is Cc1noc2ncc(C(=O)NCCCCCC(=O)O)cc12. The van der Waals surface area contributed by atoms with Gasteiger partial charge in [-0.3, -0.25) is 9.59 Å². The van der Waals surface area contributed by atoms with E-state index in [-0.39, 0.29) is 12.3 Å². The highest BCUT2D eigenvalue weighted by Crippen LogP contribution is 2.16. The number of carbonyl (C=O) groups excluding carboxylic acids is 1. The Morgan fingerprint density at radius 2 is 2.14 bits per heavy atom. The van der Waals surface area contributed by atoms with E-state index in [0.717, 1.165) is 18.2 Å². The molecule has 21 heavy (non-hydrogen) atoms. The molecule has 0 fully saturated rings. The highest BCUT2D eigenvalue weighted by Gasteiger charge is 2.11. The van der Waals surface area contributed by atoms with E-state index in [4.69, 9.17) is 9.63 Å². The van der Waals surface area contributed by atoms with Gasteiger partial charge < -0.3 is 14.9 Å². The monoisotopic (exact) mass is 291 g/mol. The van der Waals surface area contributed by atoms with Gasteiger partial charge in [-0.15, -0.1) is 0 Å². The predicted molar refractivity (Wildman–Crippen MR) is 75.0 cm³/mol. The van der Waals surface area contributed by atoms with Gasteiger partial charge in [0.25, 0.3) is 11.6 Å². The zero-order valence-corrected chi connectivity index (χ0v) is 11.8. The smallest absolute Gasteiger partial charge is 0.303 e. The fourth-order valence-electron chi connectivity index (χ4n) is 1.95. The molecule has 0 bridgehead atoms. The molecule has 0 aromatic carbocycles. The Hall–Kier alpha value is -2.44. The molecule has 0 atom stereocenters. The second-order valence-corrected chi connectivity index (χ2v) is 4.80. The van der Waals surface area contributed by atoms with E-state index in [9.17, 15) is 9.59 Å². The minimum atomic E-state index is -0.789. The fraction of sp³-hybridized carbons (Fsp3) is 0.429. The number of pyridine rings is 1. The number of unbranched alkanes of at least 4 members (excludes halogenated alkanes) is 2. The van der Waals surface area contributed by atoms with E-state index in [1.54, 1.807) is 13.0 Å². The third-order valence-electron chi connectivity index (χ3n) is 3.13. The maximum atomic E-state index is 12.0. The van der Waals surface area contributed by atoms with Crippen molar-refractivity contribution >= 4 is 23.0 Å². The standard InChI is InChI=1S/C14H17N3O4/c1-9-11-7-10(8-16-14(11)21-17-9)13(20)15-6-4-2-3-5-12(18)19/h7-8H,2-6H2,1H3,(H,15,20)(H,18,19). The fourth-order valence-corrected chi connectivity index (χ4v) is 1.95. The van der Waals surface area contributed by atoms with Gasteiger partial charge in [-0.25, -0.2) is 4.98 Å². The molecule has 2 aromatic rings. The minimum absolute atomic E-state index is 0.168. The molecule has 0 aliphatic carbocycles. The van der Waals surface area contributed by atoms with E-state index >= 15 is 0 Å². The van der Waals surface area contributed by atoms with Crippen LogP contribution in [0.2, 0.25) is 0 Å². The number of aromatic nitrogens is 2. The van der Waals surface area contributed by atoms with Gasteiger partial charge in [0.2, 0.25) is 0 Å². The van der Waals surface area contributed by atoms with Crippen LogP contribution in [0.25, 0.3) is 11.1 Å². The van der Waals surface area contributed by atoms with Crippen LogP contribution in [-0.2, 0) is 4.79 Å². The van der Waals surface area contributed by atoms with Gasteiger partial charge in [-0.05, 0) is 25.8 Å². The molecule has 0 saturated heterocycles. The van der Waals surface area contributed by atoms with Crippen LogP contribution < -0.4 is 5.32 Å². The first-order chi connectivity index (χ1) is 10.1. The number of nitrogens with zero attached hydrogens (tertiary/aromatic N) is 2. The maximum absolute atomic E-state index is 12.0. The van der Waals surface area contributed by atoms with Crippen LogP contribution in [0, 0.1) is 6.92 Å². The van der Waals surface area contributed by atoms with Crippen molar-refractivity contribution in [3.63, 3.8) is 0 Å². The normalized spacial score (nSPS) is 10.7. The molecule has 7 nitrogen and oxygen atoms in total. The quantitative estimate of drug-likeness (QED) is 0.755. The van der Waals surface area contributed by atoms with Crippen molar-refractivity contribution in [2.45, 2.75) is 32.6 Å². The number of fused-ring (bicyclic) bond motifs is 1. The molecular weight excluding hydrogens is 274 g/mol. The van der Waals surface area contributed by atoms with E-state index in [1.165, 1.54) is 6.20 Å². The number of hydrogen-bond donors (Lipinski definition) is 2. The van der Waals surface area contributed by atoms with Crippen molar-refractivity contribution in [2.75, 3.05) is 6.54 Å². The van der Waals surface area contributed by atoms with Crippen LogP contribution in [0.1, 0.15) is 41.7 Å². The Morgan fingerprint density at radius 1 is 1.33 bits per heavy atom. The average Bonchev–Trinajstić information content (AvgIpc) is 2.83. The maximum Gasteiger partial charge on any atom is 0.303 e. The Kier molecular flexibility index (Phi) is 4.86. The zero-order valence-electron chi connectivity index (χ0n) is 11.8. The highest BCUT2D eigenvalue weighted by atomic mass is 16.5. The molecule has 1 amide bonds. The second-order valence-electron chi connectivity index (χ2n) is 4.80.